The van der Waals surface area contributed by atoms with Gasteiger partial charge in [-0.15, -0.1) is 0 Å². The van der Waals surface area contributed by atoms with Crippen LogP contribution in [0.2, 0.25) is 0 Å². The molecule has 0 saturated carbocycles. The minimum atomic E-state index is -0.291. The van der Waals surface area contributed by atoms with Gasteiger partial charge in [-0.1, -0.05) is 78.4 Å². The largest absolute Gasteiger partial charge is 0.490 e. The maximum Gasteiger partial charge on any atom is 0.293 e. The number of rotatable bonds is 8. The summed E-state index contributed by atoms with van der Waals surface area (Å²) in [6.45, 7) is 5.10. The Hall–Kier alpha value is -4.03. The van der Waals surface area contributed by atoms with E-state index < -0.39 is 0 Å². The molecule has 4 aromatic rings. The Kier molecular flexibility index (Phi) is 7.28. The van der Waals surface area contributed by atoms with Gasteiger partial charge >= 0.3 is 0 Å². The molecule has 0 aromatic heterocycles. The first-order valence-corrected chi connectivity index (χ1v) is 13.0. The first-order chi connectivity index (χ1) is 18.0. The van der Waals surface area contributed by atoms with Gasteiger partial charge in [0.2, 0.25) is 0 Å². The van der Waals surface area contributed by atoms with Gasteiger partial charge in [0.15, 0.2) is 11.5 Å². The van der Waals surface area contributed by atoms with Gasteiger partial charge in [-0.3, -0.25) is 14.5 Å². The monoisotopic (exact) mass is 509 g/mol. The van der Waals surface area contributed by atoms with E-state index in [2.05, 4.69) is 19.1 Å². The number of ether oxygens (including phenoxy) is 2. The van der Waals surface area contributed by atoms with E-state index >= 15 is 0 Å². The molecule has 0 spiro atoms. The Morgan fingerprint density at radius 1 is 0.865 bits per heavy atom. The zero-order valence-corrected chi connectivity index (χ0v) is 21.6. The van der Waals surface area contributed by atoms with E-state index in [1.165, 1.54) is 10.5 Å². The second-order valence-corrected chi connectivity index (χ2v) is 9.81. The molecule has 0 bridgehead atoms. The predicted octanol–water partition coefficient (Wildman–Crippen LogP) is 7.36. The first-order valence-electron chi connectivity index (χ1n) is 12.2. The van der Waals surface area contributed by atoms with Crippen molar-refractivity contribution in [3.63, 3.8) is 0 Å². The predicted molar refractivity (Wildman–Crippen MR) is 149 cm³/mol. The zero-order valence-electron chi connectivity index (χ0n) is 20.8. The minimum Gasteiger partial charge on any atom is -0.490 e. The molecule has 37 heavy (non-hydrogen) atoms. The van der Waals surface area contributed by atoms with Gasteiger partial charge in [-0.25, -0.2) is 0 Å². The summed E-state index contributed by atoms with van der Waals surface area (Å²) in [7, 11) is 0. The van der Waals surface area contributed by atoms with E-state index in [4.69, 9.17) is 9.47 Å². The van der Waals surface area contributed by atoms with Crippen LogP contribution in [0, 0.1) is 6.92 Å². The van der Waals surface area contributed by atoms with E-state index in [9.17, 15) is 9.59 Å². The van der Waals surface area contributed by atoms with Crippen LogP contribution in [-0.4, -0.2) is 22.7 Å². The minimum absolute atomic E-state index is 0.235. The number of aryl methyl sites for hydroxylation is 1. The highest BCUT2D eigenvalue weighted by atomic mass is 32.2. The van der Waals surface area contributed by atoms with Crippen LogP contribution in [0.1, 0.15) is 29.2 Å². The number of amides is 2. The van der Waals surface area contributed by atoms with Crippen molar-refractivity contribution in [2.75, 3.05) is 6.61 Å². The zero-order chi connectivity index (χ0) is 25.8. The summed E-state index contributed by atoms with van der Waals surface area (Å²) in [5.41, 5.74) is 3.97. The highest BCUT2D eigenvalue weighted by molar-refractivity contribution is 8.18. The van der Waals surface area contributed by atoms with Crippen LogP contribution in [0.25, 0.3) is 16.8 Å². The number of thioether (sulfide) groups is 1. The molecular weight excluding hydrogens is 482 g/mol. The van der Waals surface area contributed by atoms with Crippen LogP contribution in [0.3, 0.4) is 0 Å². The molecular formula is C31H27NO4S. The lowest BCUT2D eigenvalue weighted by Crippen LogP contribution is -2.27. The summed E-state index contributed by atoms with van der Waals surface area (Å²) in [6, 6.07) is 27.6. The van der Waals surface area contributed by atoms with Crippen LogP contribution in [-0.2, 0) is 17.9 Å². The van der Waals surface area contributed by atoms with Gasteiger partial charge in [0.1, 0.15) is 6.61 Å². The number of carbonyl (C=O) groups is 2. The Labute approximate surface area is 220 Å². The fourth-order valence-electron chi connectivity index (χ4n) is 4.24. The molecule has 0 N–H and O–H groups in total. The van der Waals surface area contributed by atoms with Crippen molar-refractivity contribution < 1.29 is 19.1 Å². The molecule has 4 aromatic carbocycles. The topological polar surface area (TPSA) is 55.8 Å². The molecule has 0 atom stereocenters. The normalized spacial score (nSPS) is 14.5. The average molecular weight is 510 g/mol. The lowest BCUT2D eigenvalue weighted by atomic mass is 10.0. The van der Waals surface area contributed by atoms with Crippen LogP contribution >= 0.6 is 11.8 Å². The van der Waals surface area contributed by atoms with Gasteiger partial charge in [0.25, 0.3) is 11.1 Å². The molecule has 1 heterocycles. The fourth-order valence-corrected chi connectivity index (χ4v) is 5.07. The number of benzene rings is 4. The fraction of sp³-hybridized carbons (Fsp3) is 0.161. The van der Waals surface area contributed by atoms with E-state index in [-0.39, 0.29) is 17.7 Å². The first kappa shape index (κ1) is 24.7. The Bertz CT molecular complexity index is 1490. The summed E-state index contributed by atoms with van der Waals surface area (Å²) in [5, 5.41) is 1.85. The number of hydrogen-bond donors (Lipinski definition) is 0. The Morgan fingerprint density at radius 2 is 1.65 bits per heavy atom. The molecule has 0 unspecified atom stereocenters. The maximum absolute atomic E-state index is 13.2. The summed E-state index contributed by atoms with van der Waals surface area (Å²) >= 11 is 0.960. The van der Waals surface area contributed by atoms with Crippen molar-refractivity contribution in [1.29, 1.82) is 0 Å². The van der Waals surface area contributed by atoms with Crippen molar-refractivity contribution >= 4 is 39.8 Å². The van der Waals surface area contributed by atoms with E-state index in [1.807, 2.05) is 79.7 Å². The second-order valence-electron chi connectivity index (χ2n) is 8.82. The van der Waals surface area contributed by atoms with Gasteiger partial charge in [-0.05, 0) is 71.3 Å². The molecule has 1 fully saturated rings. The van der Waals surface area contributed by atoms with Crippen LogP contribution in [0.4, 0.5) is 4.79 Å². The van der Waals surface area contributed by atoms with E-state index in [0.29, 0.717) is 29.6 Å². The number of hydrogen-bond acceptors (Lipinski definition) is 5. The van der Waals surface area contributed by atoms with Gasteiger partial charge in [0, 0.05) is 0 Å². The molecule has 1 saturated heterocycles. The molecule has 0 radical (unpaired) electrons. The molecule has 0 aliphatic carbocycles. The van der Waals surface area contributed by atoms with Gasteiger partial charge < -0.3 is 9.47 Å². The highest BCUT2D eigenvalue weighted by Gasteiger charge is 2.35. The van der Waals surface area contributed by atoms with E-state index in [0.717, 1.165) is 39.2 Å². The van der Waals surface area contributed by atoms with Gasteiger partial charge in [0.05, 0.1) is 18.1 Å². The number of carbonyl (C=O) groups excluding carboxylic acids is 2. The van der Waals surface area contributed by atoms with Crippen LogP contribution in [0.5, 0.6) is 11.5 Å². The lowest BCUT2D eigenvalue weighted by Gasteiger charge is -2.14. The highest BCUT2D eigenvalue weighted by Crippen LogP contribution is 2.36. The standard InChI is InChI=1S/C31H27NO4S/c1-3-35-28-17-23(15-16-27(28)36-20-22-13-11-21(2)12-14-22)18-29-30(33)32(31(34)37-29)19-25-9-6-8-24-7-4-5-10-26(24)25/h4-18H,3,19-20H2,1-2H3/b29-18+. The molecule has 6 heteroatoms. The summed E-state index contributed by atoms with van der Waals surface area (Å²) in [6.07, 6.45) is 1.74. The third-order valence-electron chi connectivity index (χ3n) is 6.16. The number of fused-ring (bicyclic) bond motifs is 1. The second kappa shape index (κ2) is 10.9. The molecule has 1 aliphatic heterocycles. The SMILES string of the molecule is CCOc1cc(/C=C2/SC(=O)N(Cc3cccc4ccccc34)C2=O)ccc1OCc1ccc(C)cc1. The summed E-state index contributed by atoms with van der Waals surface area (Å²) in [5.74, 6) is 0.933. The number of imide groups is 1. The maximum atomic E-state index is 13.2. The lowest BCUT2D eigenvalue weighted by molar-refractivity contribution is -0.123. The molecule has 5 nitrogen and oxygen atoms in total. The van der Waals surface area contributed by atoms with Crippen LogP contribution < -0.4 is 9.47 Å². The average Bonchev–Trinajstić information content (AvgIpc) is 3.17. The third kappa shape index (κ3) is 5.54. The summed E-state index contributed by atoms with van der Waals surface area (Å²) in [4.78, 5) is 27.7. The molecule has 5 rings (SSSR count). The molecule has 186 valence electrons. The van der Waals surface area contributed by atoms with Crippen molar-refractivity contribution in [2.45, 2.75) is 27.0 Å². The molecule has 1 aliphatic rings. The number of nitrogens with zero attached hydrogens (tertiary/aromatic N) is 1. The van der Waals surface area contributed by atoms with Crippen molar-refractivity contribution in [2.24, 2.45) is 0 Å². The Balaban J connectivity index is 1.34. The Morgan fingerprint density at radius 3 is 2.46 bits per heavy atom. The van der Waals surface area contributed by atoms with Crippen molar-refractivity contribution in [1.82, 2.24) is 4.90 Å². The van der Waals surface area contributed by atoms with Crippen molar-refractivity contribution in [3.8, 4) is 11.5 Å². The third-order valence-corrected chi connectivity index (χ3v) is 7.07. The van der Waals surface area contributed by atoms with Crippen LogP contribution in [0.15, 0.2) is 89.8 Å². The summed E-state index contributed by atoms with van der Waals surface area (Å²) < 4.78 is 11.8. The quantitative estimate of drug-likeness (QED) is 0.232. The van der Waals surface area contributed by atoms with Crippen molar-refractivity contribution in [3.05, 3.63) is 112 Å². The smallest absolute Gasteiger partial charge is 0.293 e. The van der Waals surface area contributed by atoms with E-state index in [1.54, 1.807) is 6.08 Å². The van der Waals surface area contributed by atoms with Gasteiger partial charge in [-0.2, -0.15) is 0 Å². The molecule has 2 amide bonds.